The molecule has 1 fully saturated rings. The van der Waals surface area contributed by atoms with Crippen LogP contribution in [-0.2, 0) is 41.3 Å². The molecular weight excluding hydrogens is 522 g/mol. The summed E-state index contributed by atoms with van der Waals surface area (Å²) < 4.78 is 101. The summed E-state index contributed by atoms with van der Waals surface area (Å²) in [4.78, 5) is 13.4. The van der Waals surface area contributed by atoms with E-state index in [9.17, 15) is 39.9 Å². The van der Waals surface area contributed by atoms with E-state index in [4.69, 9.17) is 0 Å². The molecule has 1 aliphatic carbocycles. The van der Waals surface area contributed by atoms with Gasteiger partial charge in [-0.15, -0.1) is 0 Å². The van der Waals surface area contributed by atoms with Gasteiger partial charge in [0.1, 0.15) is 0 Å². The Kier molecular flexibility index (Phi) is 8.75. The van der Waals surface area contributed by atoms with Crippen LogP contribution in [0.5, 0.6) is 0 Å². The average molecular weight is 550 g/mol. The highest BCUT2D eigenvalue weighted by Gasteiger charge is 2.47. The summed E-state index contributed by atoms with van der Waals surface area (Å²) in [6, 6.07) is 7.57. The Balaban J connectivity index is 1.68. The van der Waals surface area contributed by atoms with Crippen LogP contribution in [0, 0.1) is 11.3 Å². The van der Waals surface area contributed by atoms with Crippen LogP contribution < -0.4 is 10.6 Å². The van der Waals surface area contributed by atoms with E-state index in [0.29, 0.717) is 37.9 Å². The average Bonchev–Trinajstić information content (AvgIpc) is 3.26. The molecule has 12 heteroatoms. The lowest BCUT2D eigenvalue weighted by Gasteiger charge is -2.32. The topological polar surface area (TPSA) is 81.3 Å². The Morgan fingerprint density at radius 1 is 1.00 bits per heavy atom. The first kappa shape index (κ1) is 29.1. The van der Waals surface area contributed by atoms with Crippen molar-refractivity contribution >= 4 is 17.0 Å². The molecule has 0 spiro atoms. The highest BCUT2D eigenvalue weighted by molar-refractivity contribution is 7.79. The molecule has 0 aliphatic heterocycles. The number of benzene rings is 2. The van der Waals surface area contributed by atoms with Crippen molar-refractivity contribution in [3.8, 4) is 0 Å². The molecule has 3 atom stereocenters. The number of carbonyl (C=O) groups is 1. The summed E-state index contributed by atoms with van der Waals surface area (Å²) in [5.74, 6) is -0.544. The lowest BCUT2D eigenvalue weighted by Crippen LogP contribution is -2.43. The third-order valence-electron chi connectivity index (χ3n) is 6.92. The van der Waals surface area contributed by atoms with Gasteiger partial charge in [-0.2, -0.15) is 26.3 Å². The van der Waals surface area contributed by atoms with Gasteiger partial charge >= 0.3 is 12.4 Å². The highest BCUT2D eigenvalue weighted by Crippen LogP contribution is 2.45. The van der Waals surface area contributed by atoms with Crippen LogP contribution in [0.25, 0.3) is 0 Å². The summed E-state index contributed by atoms with van der Waals surface area (Å²) >= 11 is -2.32. The monoisotopic (exact) mass is 549 g/mol. The van der Waals surface area contributed by atoms with Crippen molar-refractivity contribution in [3.05, 3.63) is 64.7 Å². The molecule has 0 radical (unpaired) electrons. The van der Waals surface area contributed by atoms with E-state index < -0.39 is 52.4 Å². The molecule has 5 nitrogen and oxygen atoms in total. The molecule has 0 heterocycles. The molecule has 0 saturated heterocycles. The second-order valence-electron chi connectivity index (χ2n) is 9.61. The molecular formula is C25H27F6N2O3S-. The normalized spacial score (nSPS) is 21.3. The number of rotatable bonds is 8. The van der Waals surface area contributed by atoms with Gasteiger partial charge in [0.05, 0.1) is 16.5 Å². The van der Waals surface area contributed by atoms with Gasteiger partial charge in [0.15, 0.2) is 0 Å². The Hall–Kier alpha value is -2.44. The molecule has 2 N–H and O–H groups in total. The Morgan fingerprint density at radius 2 is 1.57 bits per heavy atom. The minimum atomic E-state index is -4.96. The first-order chi connectivity index (χ1) is 17.1. The Labute approximate surface area is 213 Å². The minimum absolute atomic E-state index is 0.0492. The van der Waals surface area contributed by atoms with Crippen LogP contribution in [0.15, 0.2) is 47.4 Å². The standard InChI is InChI=1S/C25H28F6N2O3S/c1-15(2)23(8-7-20(12-23)32-13-16-3-5-21(6-4-16)37(35)36)22(34)33-14-17-9-18(24(26,27)28)11-19(10-17)25(29,30)31/h3-6,9-11,15,20,32H,7-8,12-14H2,1-2H3,(H,33,34)(H,35,36)/p-1/t20-,23+/m1/s1. The van der Waals surface area contributed by atoms with E-state index in [2.05, 4.69) is 10.6 Å². The van der Waals surface area contributed by atoms with E-state index in [1.807, 2.05) is 13.8 Å². The number of carbonyl (C=O) groups excluding carboxylic acids is 1. The lowest BCUT2D eigenvalue weighted by molar-refractivity contribution is -0.143. The molecule has 1 saturated carbocycles. The molecule has 37 heavy (non-hydrogen) atoms. The van der Waals surface area contributed by atoms with Crippen molar-refractivity contribution in [2.45, 2.75) is 69.5 Å². The smallest absolute Gasteiger partial charge is 0.416 e. The second-order valence-corrected chi connectivity index (χ2v) is 10.5. The zero-order chi connectivity index (χ0) is 27.6. The van der Waals surface area contributed by atoms with Gasteiger partial charge in [0.2, 0.25) is 5.91 Å². The van der Waals surface area contributed by atoms with Crippen LogP contribution in [-0.4, -0.2) is 20.7 Å². The summed E-state index contributed by atoms with van der Waals surface area (Å²) in [5, 5.41) is 5.92. The van der Waals surface area contributed by atoms with Crippen molar-refractivity contribution in [1.29, 1.82) is 0 Å². The molecule has 204 valence electrons. The second kappa shape index (κ2) is 11.1. The molecule has 2 aromatic rings. The van der Waals surface area contributed by atoms with E-state index in [1.165, 1.54) is 12.1 Å². The van der Waals surface area contributed by atoms with Crippen LogP contribution in [0.3, 0.4) is 0 Å². The van der Waals surface area contributed by atoms with Crippen molar-refractivity contribution in [2.75, 3.05) is 0 Å². The SMILES string of the molecule is CC(C)[C@]1(C(=O)NCc2cc(C(F)(F)F)cc(C(F)(F)F)c2)CC[C@@H](NCc2ccc(S(=O)[O-])cc2)C1. The largest absolute Gasteiger partial charge is 0.768 e. The predicted octanol–water partition coefficient (Wildman–Crippen LogP) is 5.56. The maximum absolute atomic E-state index is 13.2. The van der Waals surface area contributed by atoms with E-state index in [0.717, 1.165) is 5.56 Å². The molecule has 0 bridgehead atoms. The molecule has 1 amide bonds. The molecule has 1 aliphatic rings. The molecule has 2 aromatic carbocycles. The fourth-order valence-electron chi connectivity index (χ4n) is 4.70. The number of hydrogen-bond donors (Lipinski definition) is 2. The van der Waals surface area contributed by atoms with Crippen molar-refractivity contribution in [1.82, 2.24) is 10.6 Å². The van der Waals surface area contributed by atoms with Crippen LogP contribution in [0.1, 0.15) is 55.4 Å². The number of alkyl halides is 6. The van der Waals surface area contributed by atoms with Crippen molar-refractivity contribution in [3.63, 3.8) is 0 Å². The summed E-state index contributed by atoms with van der Waals surface area (Å²) in [7, 11) is 0. The first-order valence-electron chi connectivity index (χ1n) is 11.6. The number of halogens is 6. The molecule has 0 aromatic heterocycles. The zero-order valence-electron chi connectivity index (χ0n) is 20.1. The Bertz CT molecular complexity index is 1100. The van der Waals surface area contributed by atoms with E-state index >= 15 is 0 Å². The van der Waals surface area contributed by atoms with Crippen molar-refractivity contribution in [2.24, 2.45) is 11.3 Å². The van der Waals surface area contributed by atoms with Gasteiger partial charge in [-0.1, -0.05) is 26.0 Å². The predicted molar refractivity (Wildman–Crippen MR) is 124 cm³/mol. The lowest BCUT2D eigenvalue weighted by atomic mass is 9.74. The number of hydrogen-bond acceptors (Lipinski definition) is 4. The van der Waals surface area contributed by atoms with Gasteiger partial charge in [-0.3, -0.25) is 9.00 Å². The molecule has 1 unspecified atom stereocenters. The summed E-state index contributed by atoms with van der Waals surface area (Å²) in [6.45, 7) is 3.69. The maximum Gasteiger partial charge on any atom is 0.416 e. The van der Waals surface area contributed by atoms with Gasteiger partial charge in [0, 0.05) is 24.0 Å². The number of nitrogens with one attached hydrogen (secondary N) is 2. The van der Waals surface area contributed by atoms with Crippen LogP contribution >= 0.6 is 0 Å². The van der Waals surface area contributed by atoms with Crippen LogP contribution in [0.4, 0.5) is 26.3 Å². The van der Waals surface area contributed by atoms with E-state index in [1.54, 1.807) is 12.1 Å². The highest BCUT2D eigenvalue weighted by atomic mass is 32.2. The van der Waals surface area contributed by atoms with E-state index in [-0.39, 0.29) is 28.5 Å². The maximum atomic E-state index is 13.2. The quantitative estimate of drug-likeness (QED) is 0.334. The summed E-state index contributed by atoms with van der Waals surface area (Å²) in [5.41, 5.74) is -3.12. The first-order valence-corrected chi connectivity index (χ1v) is 12.7. The van der Waals surface area contributed by atoms with Gasteiger partial charge < -0.3 is 15.2 Å². The van der Waals surface area contributed by atoms with Crippen LogP contribution in [0.2, 0.25) is 0 Å². The Morgan fingerprint density at radius 3 is 2.05 bits per heavy atom. The van der Waals surface area contributed by atoms with Gasteiger partial charge in [-0.25, -0.2) is 0 Å². The minimum Gasteiger partial charge on any atom is -0.768 e. The third-order valence-corrected chi connectivity index (χ3v) is 7.58. The summed E-state index contributed by atoms with van der Waals surface area (Å²) in [6.07, 6.45) is -8.34. The van der Waals surface area contributed by atoms with Gasteiger partial charge in [0.25, 0.3) is 0 Å². The third kappa shape index (κ3) is 7.11. The van der Waals surface area contributed by atoms with Gasteiger partial charge in [-0.05, 0) is 77.7 Å². The van der Waals surface area contributed by atoms with Crippen molar-refractivity contribution < 1.29 is 39.9 Å². The molecule has 3 rings (SSSR count). The number of amides is 1. The zero-order valence-corrected chi connectivity index (χ0v) is 20.9. The fraction of sp³-hybridized carbons (Fsp3) is 0.480. The fourth-order valence-corrected chi connectivity index (χ4v) is 5.06.